The van der Waals surface area contributed by atoms with E-state index >= 15 is 0 Å². The van der Waals surface area contributed by atoms with Gasteiger partial charge in [0.2, 0.25) is 5.91 Å². The van der Waals surface area contributed by atoms with Gasteiger partial charge in [0.25, 0.3) is 5.91 Å². The molecule has 0 saturated carbocycles. The molecule has 2 N–H and O–H groups in total. The molecule has 0 aliphatic carbocycles. The number of anilines is 1. The molecule has 1 aliphatic rings. The first-order chi connectivity index (χ1) is 9.60. The number of hydrazine groups is 1. The van der Waals surface area contributed by atoms with Gasteiger partial charge < -0.3 is 4.90 Å². The van der Waals surface area contributed by atoms with E-state index in [4.69, 9.17) is 0 Å². The second-order valence-corrected chi connectivity index (χ2v) is 4.32. The summed E-state index contributed by atoms with van der Waals surface area (Å²) in [6.45, 7) is 2.55. The number of urea groups is 1. The van der Waals surface area contributed by atoms with Crippen LogP contribution in [0.4, 0.5) is 10.5 Å². The predicted molar refractivity (Wildman–Crippen MR) is 72.7 cm³/mol. The number of imide groups is 1. The van der Waals surface area contributed by atoms with Gasteiger partial charge in [0, 0.05) is 12.2 Å². The van der Waals surface area contributed by atoms with Crippen LogP contribution in [0.15, 0.2) is 30.3 Å². The number of hydrogen-bond donors (Lipinski definition) is 2. The van der Waals surface area contributed by atoms with Crippen molar-refractivity contribution >= 4 is 23.5 Å². The maximum Gasteiger partial charge on any atom is 0.343 e. The van der Waals surface area contributed by atoms with Crippen LogP contribution in [0.25, 0.3) is 0 Å². The average molecular weight is 276 g/mol. The second-order valence-electron chi connectivity index (χ2n) is 4.32. The van der Waals surface area contributed by atoms with E-state index in [1.54, 1.807) is 0 Å². The number of nitrogens with zero attached hydrogens (tertiary/aromatic N) is 2. The Labute approximate surface area is 116 Å². The third kappa shape index (κ3) is 3.25. The van der Waals surface area contributed by atoms with Gasteiger partial charge >= 0.3 is 6.03 Å². The molecule has 1 heterocycles. The molecule has 2 rings (SSSR count). The largest absolute Gasteiger partial charge is 0.362 e. The van der Waals surface area contributed by atoms with E-state index in [-0.39, 0.29) is 19.0 Å². The maximum absolute atomic E-state index is 11.9. The number of carbonyl (C=O) groups excluding carboxylic acids is 3. The minimum Gasteiger partial charge on any atom is -0.362 e. The molecule has 7 nitrogen and oxygen atoms in total. The average Bonchev–Trinajstić information content (AvgIpc) is 2.75. The van der Waals surface area contributed by atoms with Gasteiger partial charge in [-0.1, -0.05) is 18.2 Å². The molecule has 4 amide bonds. The quantitative estimate of drug-likeness (QED) is 0.747. The van der Waals surface area contributed by atoms with Crippen LogP contribution in [0.2, 0.25) is 0 Å². The molecule has 0 unspecified atom stereocenters. The van der Waals surface area contributed by atoms with Crippen molar-refractivity contribution in [2.45, 2.75) is 6.92 Å². The highest BCUT2D eigenvalue weighted by Gasteiger charge is 2.28. The standard InChI is InChI=1S/C13H16N4O3/c1-2-16(10-6-4-3-5-7-10)8-12(19)15-17-9-11(18)14-13(17)20/h3-7H,2,8-9H2,1H3,(H,15,19)(H,14,18,20). The summed E-state index contributed by atoms with van der Waals surface area (Å²) in [4.78, 5) is 36.1. The Morgan fingerprint density at radius 2 is 2.05 bits per heavy atom. The van der Waals surface area contributed by atoms with E-state index in [1.165, 1.54) is 0 Å². The number of rotatable bonds is 5. The molecule has 0 radical (unpaired) electrons. The predicted octanol–water partition coefficient (Wildman–Crippen LogP) is 0.0959. The lowest BCUT2D eigenvalue weighted by Gasteiger charge is -2.23. The summed E-state index contributed by atoms with van der Waals surface area (Å²) in [6, 6.07) is 8.89. The van der Waals surface area contributed by atoms with E-state index in [2.05, 4.69) is 10.7 Å². The first-order valence-electron chi connectivity index (χ1n) is 6.31. The van der Waals surface area contributed by atoms with Gasteiger partial charge in [-0.15, -0.1) is 0 Å². The lowest BCUT2D eigenvalue weighted by molar-refractivity contribution is -0.123. The summed E-state index contributed by atoms with van der Waals surface area (Å²) >= 11 is 0. The molecule has 0 spiro atoms. The Balaban J connectivity index is 1.93. The first-order valence-corrected chi connectivity index (χ1v) is 6.31. The third-order valence-corrected chi connectivity index (χ3v) is 2.89. The lowest BCUT2D eigenvalue weighted by Crippen LogP contribution is -2.48. The van der Waals surface area contributed by atoms with Gasteiger partial charge in [-0.2, -0.15) is 0 Å². The SMILES string of the molecule is CCN(CC(=O)NN1CC(=O)NC1=O)c1ccccc1. The van der Waals surface area contributed by atoms with Crippen molar-refractivity contribution in [1.29, 1.82) is 0 Å². The number of carbonyl (C=O) groups is 3. The summed E-state index contributed by atoms with van der Waals surface area (Å²) in [5, 5.41) is 3.07. The van der Waals surface area contributed by atoms with Gasteiger partial charge in [0.1, 0.15) is 6.54 Å². The topological polar surface area (TPSA) is 81.8 Å². The van der Waals surface area contributed by atoms with E-state index in [9.17, 15) is 14.4 Å². The Hall–Kier alpha value is -2.57. The fourth-order valence-electron chi connectivity index (χ4n) is 1.92. The molecule has 1 saturated heterocycles. The van der Waals surface area contributed by atoms with Crippen LogP contribution in [0, 0.1) is 0 Å². The molecule has 0 bridgehead atoms. The molecule has 1 aliphatic heterocycles. The molecule has 0 aromatic heterocycles. The summed E-state index contributed by atoms with van der Waals surface area (Å²) < 4.78 is 0. The normalized spacial score (nSPS) is 14.2. The lowest BCUT2D eigenvalue weighted by atomic mass is 10.3. The van der Waals surface area contributed by atoms with Crippen LogP contribution < -0.4 is 15.6 Å². The van der Waals surface area contributed by atoms with Crippen LogP contribution in [-0.2, 0) is 9.59 Å². The smallest absolute Gasteiger partial charge is 0.343 e. The number of para-hydroxylation sites is 1. The van der Waals surface area contributed by atoms with Crippen molar-refractivity contribution in [3.8, 4) is 0 Å². The van der Waals surface area contributed by atoms with Gasteiger partial charge in [-0.05, 0) is 19.1 Å². The van der Waals surface area contributed by atoms with Gasteiger partial charge in [0.15, 0.2) is 0 Å². The van der Waals surface area contributed by atoms with Crippen molar-refractivity contribution in [2.24, 2.45) is 0 Å². The van der Waals surface area contributed by atoms with Gasteiger partial charge in [-0.25, -0.2) is 9.80 Å². The number of benzene rings is 1. The number of amides is 4. The summed E-state index contributed by atoms with van der Waals surface area (Å²) in [7, 11) is 0. The minimum atomic E-state index is -0.605. The van der Waals surface area contributed by atoms with Crippen molar-refractivity contribution in [3.05, 3.63) is 30.3 Å². The van der Waals surface area contributed by atoms with Crippen LogP contribution in [0.5, 0.6) is 0 Å². The van der Waals surface area contributed by atoms with E-state index in [0.717, 1.165) is 10.7 Å². The highest BCUT2D eigenvalue weighted by molar-refractivity contribution is 6.02. The molecular weight excluding hydrogens is 260 g/mol. The molecule has 1 aromatic carbocycles. The zero-order valence-corrected chi connectivity index (χ0v) is 11.1. The molecule has 106 valence electrons. The van der Waals surface area contributed by atoms with Crippen molar-refractivity contribution < 1.29 is 14.4 Å². The summed E-state index contributed by atoms with van der Waals surface area (Å²) in [5.74, 6) is -0.772. The Morgan fingerprint density at radius 1 is 1.35 bits per heavy atom. The van der Waals surface area contributed by atoms with Crippen LogP contribution in [0.3, 0.4) is 0 Å². The fourth-order valence-corrected chi connectivity index (χ4v) is 1.92. The zero-order valence-electron chi connectivity index (χ0n) is 11.1. The Bertz CT molecular complexity index is 518. The number of likely N-dealkylation sites (N-methyl/N-ethyl adjacent to an activating group) is 1. The third-order valence-electron chi connectivity index (χ3n) is 2.89. The van der Waals surface area contributed by atoms with Crippen LogP contribution in [0.1, 0.15) is 6.92 Å². The second kappa shape index (κ2) is 6.05. The van der Waals surface area contributed by atoms with Crippen molar-refractivity contribution in [2.75, 3.05) is 24.5 Å². The fraction of sp³-hybridized carbons (Fsp3) is 0.308. The Kier molecular flexibility index (Phi) is 4.19. The van der Waals surface area contributed by atoms with Crippen molar-refractivity contribution in [3.63, 3.8) is 0 Å². The van der Waals surface area contributed by atoms with Crippen LogP contribution >= 0.6 is 0 Å². The molecule has 1 aromatic rings. The minimum absolute atomic E-state index is 0.110. The van der Waals surface area contributed by atoms with E-state index in [0.29, 0.717) is 6.54 Å². The summed E-state index contributed by atoms with van der Waals surface area (Å²) in [5.41, 5.74) is 3.34. The molecular formula is C13H16N4O3. The highest BCUT2D eigenvalue weighted by atomic mass is 16.2. The monoisotopic (exact) mass is 276 g/mol. The first kappa shape index (κ1) is 13.9. The maximum atomic E-state index is 11.9. The van der Waals surface area contributed by atoms with Crippen LogP contribution in [-0.4, -0.2) is 42.5 Å². The van der Waals surface area contributed by atoms with E-state index < -0.39 is 11.9 Å². The van der Waals surface area contributed by atoms with Gasteiger partial charge in [0.05, 0.1) is 6.54 Å². The highest BCUT2D eigenvalue weighted by Crippen LogP contribution is 2.12. The molecule has 20 heavy (non-hydrogen) atoms. The Morgan fingerprint density at radius 3 is 2.60 bits per heavy atom. The zero-order chi connectivity index (χ0) is 14.5. The molecule has 7 heteroatoms. The van der Waals surface area contributed by atoms with Crippen molar-refractivity contribution in [1.82, 2.24) is 15.8 Å². The number of hydrogen-bond acceptors (Lipinski definition) is 4. The van der Waals surface area contributed by atoms with E-state index in [1.807, 2.05) is 42.2 Å². The summed E-state index contributed by atoms with van der Waals surface area (Å²) in [6.07, 6.45) is 0. The number of nitrogens with one attached hydrogen (secondary N) is 2. The molecule has 1 fully saturated rings. The molecule has 0 atom stereocenters. The van der Waals surface area contributed by atoms with Gasteiger partial charge in [-0.3, -0.25) is 20.3 Å².